The fourth-order valence-electron chi connectivity index (χ4n) is 4.76. The van der Waals surface area contributed by atoms with E-state index in [4.69, 9.17) is 0 Å². The Hall–Kier alpha value is -2.90. The first kappa shape index (κ1) is 24.7. The lowest BCUT2D eigenvalue weighted by molar-refractivity contribution is -0.398. The Labute approximate surface area is 200 Å². The van der Waals surface area contributed by atoms with E-state index < -0.39 is 18.1 Å². The molecule has 2 heterocycles. The van der Waals surface area contributed by atoms with Gasteiger partial charge in [0.2, 0.25) is 11.8 Å². The minimum absolute atomic E-state index is 0. The third-order valence-corrected chi connectivity index (χ3v) is 6.46. The zero-order valence-electron chi connectivity index (χ0n) is 18.7. The Morgan fingerprint density at radius 1 is 0.939 bits per heavy atom. The van der Waals surface area contributed by atoms with Crippen molar-refractivity contribution < 1.29 is 32.5 Å². The summed E-state index contributed by atoms with van der Waals surface area (Å²) in [4.78, 5) is 40.5. The maximum Gasteiger partial charge on any atom is 0.278 e. The quantitative estimate of drug-likeness (QED) is 0.462. The Morgan fingerprint density at radius 3 is 2.03 bits per heavy atom. The van der Waals surface area contributed by atoms with Crippen molar-refractivity contribution in [2.45, 2.75) is 62.8 Å². The van der Waals surface area contributed by atoms with Crippen LogP contribution in [0.5, 0.6) is 0 Å². The van der Waals surface area contributed by atoms with E-state index in [1.807, 2.05) is 60.7 Å². The fraction of sp³-hybridized carbons (Fsp3) is 0.400. The van der Waals surface area contributed by atoms with Crippen molar-refractivity contribution >= 4 is 17.7 Å². The van der Waals surface area contributed by atoms with Crippen molar-refractivity contribution in [1.29, 1.82) is 0 Å². The first-order valence-corrected chi connectivity index (χ1v) is 11.3. The molecule has 0 spiro atoms. The van der Waals surface area contributed by atoms with Crippen molar-refractivity contribution in [2.24, 2.45) is 0 Å². The Bertz CT molecular complexity index is 931. The number of halogens is 1. The highest BCUT2D eigenvalue weighted by Crippen LogP contribution is 2.33. The largest absolute Gasteiger partial charge is 1.00 e. The van der Waals surface area contributed by atoms with Crippen LogP contribution in [0.1, 0.15) is 49.8 Å². The molecule has 5 N–H and O–H groups in total. The molecule has 3 amide bonds. The molecule has 7 nitrogen and oxygen atoms in total. The van der Waals surface area contributed by atoms with Crippen LogP contribution in [0.3, 0.4) is 0 Å². The van der Waals surface area contributed by atoms with E-state index in [1.54, 1.807) is 11.8 Å². The molecule has 0 bridgehead atoms. The van der Waals surface area contributed by atoms with Crippen LogP contribution in [0.15, 0.2) is 60.7 Å². The maximum atomic E-state index is 13.4. The minimum Gasteiger partial charge on any atom is -1.00 e. The molecule has 2 aromatic carbocycles. The smallest absolute Gasteiger partial charge is 0.278 e. The first-order valence-electron chi connectivity index (χ1n) is 11.3. The summed E-state index contributed by atoms with van der Waals surface area (Å²) in [5.41, 5.74) is 5.70. The lowest BCUT2D eigenvalue weighted by Gasteiger charge is -2.38. The molecule has 2 aromatic rings. The van der Waals surface area contributed by atoms with Gasteiger partial charge in [-0.15, -0.1) is 0 Å². The van der Waals surface area contributed by atoms with Crippen molar-refractivity contribution in [2.75, 3.05) is 0 Å². The average molecular weight is 471 g/mol. The van der Waals surface area contributed by atoms with Gasteiger partial charge < -0.3 is 33.7 Å². The topological polar surface area (TPSA) is 106 Å². The number of rotatable bonds is 6. The number of carbonyl (C=O) groups is 3. The van der Waals surface area contributed by atoms with Crippen LogP contribution in [-0.2, 0) is 14.4 Å². The molecule has 176 valence electrons. The Morgan fingerprint density at radius 2 is 1.48 bits per heavy atom. The van der Waals surface area contributed by atoms with Gasteiger partial charge in [-0.25, -0.2) is 0 Å². The number of carbonyl (C=O) groups excluding carboxylic acids is 3. The van der Waals surface area contributed by atoms with Crippen LogP contribution in [-0.4, -0.2) is 46.8 Å². The van der Waals surface area contributed by atoms with Crippen LogP contribution < -0.4 is 28.8 Å². The number of hydrogen-bond acceptors (Lipinski definition) is 3. The molecule has 0 aromatic heterocycles. The number of amides is 3. The molecule has 2 fully saturated rings. The summed E-state index contributed by atoms with van der Waals surface area (Å²) in [6.07, 6.45) is 2.82. The van der Waals surface area contributed by atoms with Gasteiger partial charge in [-0.2, -0.15) is 0 Å². The van der Waals surface area contributed by atoms with Crippen LogP contribution in [0.25, 0.3) is 0 Å². The van der Waals surface area contributed by atoms with E-state index in [9.17, 15) is 14.4 Å². The zero-order chi connectivity index (χ0) is 22.7. The number of quaternary nitrogens is 1. The van der Waals surface area contributed by atoms with Gasteiger partial charge in [-0.1, -0.05) is 60.7 Å². The van der Waals surface area contributed by atoms with Crippen molar-refractivity contribution in [1.82, 2.24) is 15.5 Å². The van der Waals surface area contributed by atoms with Crippen molar-refractivity contribution in [3.63, 3.8) is 0 Å². The second-order valence-corrected chi connectivity index (χ2v) is 8.80. The van der Waals surface area contributed by atoms with Crippen molar-refractivity contribution in [3.8, 4) is 0 Å². The molecule has 0 saturated carbocycles. The summed E-state index contributed by atoms with van der Waals surface area (Å²) in [6.45, 7) is 1.70. The fourth-order valence-corrected chi connectivity index (χ4v) is 4.76. The highest BCUT2D eigenvalue weighted by Gasteiger charge is 2.46. The molecule has 2 aliphatic rings. The molecule has 0 aliphatic carbocycles. The van der Waals surface area contributed by atoms with E-state index in [1.165, 1.54) is 0 Å². The summed E-state index contributed by atoms with van der Waals surface area (Å²) in [5, 5.41) is 6.00. The van der Waals surface area contributed by atoms with E-state index in [0.717, 1.165) is 24.0 Å². The van der Waals surface area contributed by atoms with Gasteiger partial charge in [0.25, 0.3) is 5.91 Å². The van der Waals surface area contributed by atoms with Gasteiger partial charge in [0.1, 0.15) is 12.1 Å². The highest BCUT2D eigenvalue weighted by atomic mass is 35.5. The van der Waals surface area contributed by atoms with Crippen LogP contribution in [0.2, 0.25) is 0 Å². The predicted molar refractivity (Wildman–Crippen MR) is 120 cm³/mol. The van der Waals surface area contributed by atoms with E-state index in [0.29, 0.717) is 12.8 Å². The second-order valence-electron chi connectivity index (χ2n) is 8.80. The number of fused-ring (bicyclic) bond motifs is 1. The van der Waals surface area contributed by atoms with Gasteiger partial charge in [0, 0.05) is 6.04 Å². The first-order chi connectivity index (χ1) is 15.5. The number of piperidine rings is 1. The van der Waals surface area contributed by atoms with Crippen LogP contribution in [0.4, 0.5) is 0 Å². The summed E-state index contributed by atoms with van der Waals surface area (Å²) >= 11 is 0. The minimum atomic E-state index is -0.588. The molecule has 2 aliphatic heterocycles. The van der Waals surface area contributed by atoms with Crippen LogP contribution in [0, 0.1) is 0 Å². The molecular weight excluding hydrogens is 440 g/mol. The predicted octanol–water partition coefficient (Wildman–Crippen LogP) is -1.84. The van der Waals surface area contributed by atoms with Gasteiger partial charge in [-0.3, -0.25) is 14.4 Å². The lowest BCUT2D eigenvalue weighted by atomic mass is 9.97. The number of benzene rings is 2. The molecule has 0 unspecified atom stereocenters. The molecule has 33 heavy (non-hydrogen) atoms. The summed E-state index contributed by atoms with van der Waals surface area (Å²) in [5.74, 6) is -0.560. The molecule has 8 heteroatoms. The van der Waals surface area contributed by atoms with Gasteiger partial charge in [-0.05, 0) is 43.7 Å². The SMILES string of the molecule is C[C@H]([NH3+])C(=O)N[C@H]1CC[C@@H]2CC[C@@H](C(=O)NC(c3ccccc3)c3ccccc3)N2C1=O.[Cl-]. The molecular formula is C25H31ClN4O3. The van der Waals surface area contributed by atoms with Gasteiger partial charge >= 0.3 is 0 Å². The average Bonchev–Trinajstić information content (AvgIpc) is 3.25. The highest BCUT2D eigenvalue weighted by molar-refractivity contribution is 5.94. The monoisotopic (exact) mass is 470 g/mol. The van der Waals surface area contributed by atoms with Gasteiger partial charge in [0.05, 0.1) is 6.04 Å². The standard InChI is InChI=1S/C25H30N4O3.ClH/c1-16(26)23(30)27-20-14-12-19-13-15-21(29(19)25(20)32)24(31)28-22(17-8-4-2-5-9-17)18-10-6-3-7-11-18;/h2-11,16,19-22H,12-15,26H2,1H3,(H,27,30)(H,28,31);1H/t16-,19+,20-,21-;/m0./s1. The normalized spacial score (nSPS) is 22.8. The van der Waals surface area contributed by atoms with Crippen LogP contribution >= 0.6 is 0 Å². The summed E-state index contributed by atoms with van der Waals surface area (Å²) < 4.78 is 0. The zero-order valence-corrected chi connectivity index (χ0v) is 19.5. The van der Waals surface area contributed by atoms with E-state index >= 15 is 0 Å². The number of nitrogens with one attached hydrogen (secondary N) is 2. The maximum absolute atomic E-state index is 13.4. The Kier molecular flexibility index (Phi) is 8.10. The third-order valence-electron chi connectivity index (χ3n) is 6.46. The molecule has 4 rings (SSSR count). The van der Waals surface area contributed by atoms with E-state index in [2.05, 4.69) is 16.4 Å². The Balaban J connectivity index is 0.00000306. The van der Waals surface area contributed by atoms with E-state index in [-0.39, 0.29) is 42.2 Å². The summed E-state index contributed by atoms with van der Waals surface area (Å²) in [7, 11) is 0. The number of nitrogens with zero attached hydrogens (tertiary/aromatic N) is 1. The number of hydrogen-bond donors (Lipinski definition) is 3. The van der Waals surface area contributed by atoms with Crippen molar-refractivity contribution in [3.05, 3.63) is 71.8 Å². The molecule has 2 saturated heterocycles. The molecule has 0 radical (unpaired) electrons. The lowest BCUT2D eigenvalue weighted by Crippen LogP contribution is -3.00. The second kappa shape index (κ2) is 10.8. The third kappa shape index (κ3) is 5.37. The molecule has 4 atom stereocenters. The van der Waals surface area contributed by atoms with Gasteiger partial charge in [0.15, 0.2) is 6.04 Å². The summed E-state index contributed by atoms with van der Waals surface area (Å²) in [6, 6.07) is 17.9.